The minimum absolute atomic E-state index is 0.0848. The van der Waals surface area contributed by atoms with Gasteiger partial charge in [0, 0.05) is 12.5 Å². The van der Waals surface area contributed by atoms with Crippen LogP contribution in [0.2, 0.25) is 0 Å². The first kappa shape index (κ1) is 18.3. The van der Waals surface area contributed by atoms with Gasteiger partial charge in [0.25, 0.3) is 0 Å². The lowest BCUT2D eigenvalue weighted by atomic mass is 10.1. The predicted molar refractivity (Wildman–Crippen MR) is 81.2 cm³/mol. The molecule has 0 aromatic heterocycles. The van der Waals surface area contributed by atoms with Gasteiger partial charge in [-0.05, 0) is 17.2 Å². The van der Waals surface area contributed by atoms with E-state index in [0.29, 0.717) is 17.7 Å². The van der Waals surface area contributed by atoms with Crippen LogP contribution < -0.4 is 5.32 Å². The molecule has 0 saturated carbocycles. The number of aliphatic carboxylic acids is 1. The molecule has 0 aliphatic heterocycles. The number of hydrogen-bond donors (Lipinski definition) is 2. The van der Waals surface area contributed by atoms with Crippen molar-refractivity contribution in [3.05, 3.63) is 71.0 Å². The van der Waals surface area contributed by atoms with Crippen molar-refractivity contribution in [1.82, 2.24) is 5.32 Å². The first-order valence-electron chi connectivity index (χ1n) is 7.20. The second-order valence-electron chi connectivity index (χ2n) is 5.16. The Kier molecular flexibility index (Phi) is 5.99. The standard InChI is InChI=1S/C17H14F3NO4/c18-12-8-14(20)13(19)6-11(12)7-15(16(22)23)21-17(24)25-9-10-4-2-1-3-5-10/h1-6,8,15H,7,9H2,(H,21,24)(H,22,23)/t15-/m1/s1. The zero-order valence-electron chi connectivity index (χ0n) is 12.8. The Morgan fingerprint density at radius 1 is 1.04 bits per heavy atom. The van der Waals surface area contributed by atoms with Crippen LogP contribution in [0.4, 0.5) is 18.0 Å². The van der Waals surface area contributed by atoms with Crippen LogP contribution in [0.25, 0.3) is 0 Å². The Balaban J connectivity index is 2.00. The van der Waals surface area contributed by atoms with Crippen LogP contribution >= 0.6 is 0 Å². The lowest BCUT2D eigenvalue weighted by Crippen LogP contribution is -2.42. The van der Waals surface area contributed by atoms with Crippen LogP contribution in [0.3, 0.4) is 0 Å². The summed E-state index contributed by atoms with van der Waals surface area (Å²) in [5.74, 6) is -5.28. The molecule has 2 rings (SSSR count). The molecule has 2 N–H and O–H groups in total. The lowest BCUT2D eigenvalue weighted by molar-refractivity contribution is -0.139. The van der Waals surface area contributed by atoms with Crippen molar-refractivity contribution in [2.75, 3.05) is 0 Å². The molecule has 0 fully saturated rings. The highest BCUT2D eigenvalue weighted by atomic mass is 19.2. The molecule has 2 aromatic rings. The van der Waals surface area contributed by atoms with E-state index in [2.05, 4.69) is 5.32 Å². The van der Waals surface area contributed by atoms with Crippen LogP contribution in [0, 0.1) is 17.5 Å². The first-order valence-corrected chi connectivity index (χ1v) is 7.20. The zero-order valence-corrected chi connectivity index (χ0v) is 12.8. The molecule has 1 atom stereocenters. The summed E-state index contributed by atoms with van der Waals surface area (Å²) < 4.78 is 44.6. The molecular weight excluding hydrogens is 339 g/mol. The Labute approximate surface area is 141 Å². The average Bonchev–Trinajstić information content (AvgIpc) is 2.58. The summed E-state index contributed by atoms with van der Waals surface area (Å²) in [5.41, 5.74) is 0.311. The van der Waals surface area contributed by atoms with Crippen molar-refractivity contribution in [2.45, 2.75) is 19.1 Å². The molecule has 0 saturated heterocycles. The number of nitrogens with one attached hydrogen (secondary N) is 1. The molecule has 8 heteroatoms. The van der Waals surface area contributed by atoms with Crippen LogP contribution in [-0.2, 0) is 22.6 Å². The highest BCUT2D eigenvalue weighted by molar-refractivity contribution is 5.80. The van der Waals surface area contributed by atoms with E-state index in [-0.39, 0.29) is 12.2 Å². The smallest absolute Gasteiger partial charge is 0.408 e. The number of alkyl carbamates (subject to hydrolysis) is 1. The molecule has 132 valence electrons. The molecule has 2 aromatic carbocycles. The average molecular weight is 353 g/mol. The van der Waals surface area contributed by atoms with Gasteiger partial charge in [0.1, 0.15) is 18.5 Å². The highest BCUT2D eigenvalue weighted by Crippen LogP contribution is 2.15. The van der Waals surface area contributed by atoms with Gasteiger partial charge < -0.3 is 15.2 Å². The summed E-state index contributed by atoms with van der Waals surface area (Å²) in [6.07, 6.45) is -1.60. The molecule has 0 spiro atoms. The number of ether oxygens (including phenoxy) is 1. The number of amides is 1. The van der Waals surface area contributed by atoms with Crippen molar-refractivity contribution in [3.63, 3.8) is 0 Å². The lowest BCUT2D eigenvalue weighted by Gasteiger charge is -2.15. The zero-order chi connectivity index (χ0) is 18.4. The van der Waals surface area contributed by atoms with Crippen molar-refractivity contribution in [1.29, 1.82) is 0 Å². The molecule has 1 amide bonds. The number of hydrogen-bond acceptors (Lipinski definition) is 3. The number of rotatable bonds is 6. The van der Waals surface area contributed by atoms with E-state index >= 15 is 0 Å². The summed E-state index contributed by atoms with van der Waals surface area (Å²) >= 11 is 0. The molecule has 0 aliphatic rings. The van der Waals surface area contributed by atoms with E-state index in [4.69, 9.17) is 9.84 Å². The third-order valence-electron chi connectivity index (χ3n) is 3.32. The summed E-state index contributed by atoms with van der Waals surface area (Å²) in [7, 11) is 0. The largest absolute Gasteiger partial charge is 0.480 e. The minimum atomic E-state index is -1.57. The summed E-state index contributed by atoms with van der Waals surface area (Å²) in [5, 5.41) is 11.2. The van der Waals surface area contributed by atoms with Crippen LogP contribution in [-0.4, -0.2) is 23.2 Å². The second kappa shape index (κ2) is 8.18. The Bertz CT molecular complexity index is 768. The van der Waals surface area contributed by atoms with Crippen molar-refractivity contribution in [2.24, 2.45) is 0 Å². The topological polar surface area (TPSA) is 75.6 Å². The van der Waals surface area contributed by atoms with Crippen molar-refractivity contribution < 1.29 is 32.6 Å². The van der Waals surface area contributed by atoms with E-state index in [9.17, 15) is 22.8 Å². The number of benzene rings is 2. The van der Waals surface area contributed by atoms with E-state index in [1.54, 1.807) is 30.3 Å². The molecule has 0 bridgehead atoms. The molecule has 0 aliphatic carbocycles. The normalized spacial score (nSPS) is 11.6. The van der Waals surface area contributed by atoms with Gasteiger partial charge in [-0.2, -0.15) is 0 Å². The van der Waals surface area contributed by atoms with Gasteiger partial charge >= 0.3 is 12.1 Å². The van der Waals surface area contributed by atoms with Gasteiger partial charge in [-0.25, -0.2) is 22.8 Å². The minimum Gasteiger partial charge on any atom is -0.480 e. The monoisotopic (exact) mass is 353 g/mol. The van der Waals surface area contributed by atoms with Crippen molar-refractivity contribution in [3.8, 4) is 0 Å². The maximum Gasteiger partial charge on any atom is 0.408 e. The summed E-state index contributed by atoms with van der Waals surface area (Å²) in [4.78, 5) is 22.9. The maximum atomic E-state index is 13.6. The number of halogens is 3. The van der Waals surface area contributed by atoms with Gasteiger partial charge in [0.15, 0.2) is 11.6 Å². The van der Waals surface area contributed by atoms with Crippen LogP contribution in [0.5, 0.6) is 0 Å². The first-order chi connectivity index (χ1) is 11.9. The SMILES string of the molecule is O=C(N[C@H](Cc1cc(F)c(F)cc1F)C(=O)O)OCc1ccccc1. The number of carboxylic acid groups (broad SMARTS) is 1. The van der Waals surface area contributed by atoms with Gasteiger partial charge in [0.2, 0.25) is 0 Å². The molecule has 0 heterocycles. The molecular formula is C17H14F3NO4. The Morgan fingerprint density at radius 2 is 1.68 bits per heavy atom. The van der Waals surface area contributed by atoms with E-state index in [0.717, 1.165) is 0 Å². The van der Waals surface area contributed by atoms with Crippen LogP contribution in [0.15, 0.2) is 42.5 Å². The fourth-order valence-corrected chi connectivity index (χ4v) is 2.05. The highest BCUT2D eigenvalue weighted by Gasteiger charge is 2.23. The Hall–Kier alpha value is -3.03. The van der Waals surface area contributed by atoms with Crippen molar-refractivity contribution >= 4 is 12.1 Å². The number of carbonyl (C=O) groups excluding carboxylic acids is 1. The fraction of sp³-hybridized carbons (Fsp3) is 0.176. The number of carbonyl (C=O) groups is 2. The second-order valence-corrected chi connectivity index (χ2v) is 5.16. The predicted octanol–water partition coefficient (Wildman–Crippen LogP) is 3.03. The summed E-state index contributed by atoms with van der Waals surface area (Å²) in [6, 6.07) is 7.97. The van der Waals surface area contributed by atoms with Gasteiger partial charge in [-0.3, -0.25) is 0 Å². The molecule has 0 radical (unpaired) electrons. The van der Waals surface area contributed by atoms with E-state index in [1.165, 1.54) is 0 Å². The Morgan fingerprint density at radius 3 is 2.32 bits per heavy atom. The molecule has 5 nitrogen and oxygen atoms in total. The third kappa shape index (κ3) is 5.23. The van der Waals surface area contributed by atoms with Gasteiger partial charge in [-0.1, -0.05) is 30.3 Å². The maximum absolute atomic E-state index is 13.6. The summed E-state index contributed by atoms with van der Waals surface area (Å²) in [6.45, 7) is -0.0848. The van der Waals surface area contributed by atoms with E-state index < -0.39 is 42.0 Å². The quantitative estimate of drug-likeness (QED) is 0.783. The number of carboxylic acids is 1. The fourth-order valence-electron chi connectivity index (χ4n) is 2.05. The third-order valence-corrected chi connectivity index (χ3v) is 3.32. The van der Waals surface area contributed by atoms with Crippen LogP contribution in [0.1, 0.15) is 11.1 Å². The molecule has 0 unspecified atom stereocenters. The van der Waals surface area contributed by atoms with E-state index in [1.807, 2.05) is 0 Å². The molecule has 25 heavy (non-hydrogen) atoms. The van der Waals surface area contributed by atoms with Gasteiger partial charge in [0.05, 0.1) is 0 Å². The van der Waals surface area contributed by atoms with Gasteiger partial charge in [-0.15, -0.1) is 0 Å².